The van der Waals surface area contributed by atoms with Crippen molar-refractivity contribution in [3.63, 3.8) is 0 Å². The summed E-state index contributed by atoms with van der Waals surface area (Å²) in [6, 6.07) is 10.1. The van der Waals surface area contributed by atoms with Crippen LogP contribution in [0, 0.1) is 11.8 Å². The summed E-state index contributed by atoms with van der Waals surface area (Å²) in [7, 11) is 0. The lowest BCUT2D eigenvalue weighted by Gasteiger charge is -2.34. The van der Waals surface area contributed by atoms with Crippen LogP contribution >= 0.6 is 0 Å². The first kappa shape index (κ1) is 18.3. The second-order valence-corrected chi connectivity index (χ2v) is 7.61. The van der Waals surface area contributed by atoms with Gasteiger partial charge in [-0.15, -0.1) is 0 Å². The molecule has 0 radical (unpaired) electrons. The minimum atomic E-state index is -4.28. The van der Waals surface area contributed by atoms with Crippen LogP contribution in [0.5, 0.6) is 0 Å². The summed E-state index contributed by atoms with van der Waals surface area (Å²) in [5, 5.41) is 2.90. The summed E-state index contributed by atoms with van der Waals surface area (Å²) in [6.07, 6.45) is 1.54. The molecule has 2 atom stereocenters. The highest BCUT2D eigenvalue weighted by atomic mass is 19.4. The van der Waals surface area contributed by atoms with E-state index in [9.17, 15) is 18.0 Å². The van der Waals surface area contributed by atoms with Crippen molar-refractivity contribution in [1.82, 2.24) is 5.32 Å². The standard InChI is InChI=1S/C20H26F3NO/c21-20(22,23)17-11-5-4-10-16(17)18(25)24-14-19(12-6-7-13-19)15-8-2-1-3-9-15/h1-3,8-9,16-17H,4-7,10-14H2,(H,24,25). The molecule has 0 spiro atoms. The van der Waals surface area contributed by atoms with Crippen LogP contribution in [0.1, 0.15) is 56.9 Å². The van der Waals surface area contributed by atoms with E-state index in [4.69, 9.17) is 0 Å². The number of benzene rings is 1. The van der Waals surface area contributed by atoms with Gasteiger partial charge in [0.05, 0.1) is 5.92 Å². The molecule has 1 aromatic carbocycles. The van der Waals surface area contributed by atoms with E-state index >= 15 is 0 Å². The van der Waals surface area contributed by atoms with E-state index in [1.54, 1.807) is 0 Å². The smallest absolute Gasteiger partial charge is 0.355 e. The average Bonchev–Trinajstić information content (AvgIpc) is 3.10. The van der Waals surface area contributed by atoms with Crippen LogP contribution in [0.2, 0.25) is 0 Å². The summed E-state index contributed by atoms with van der Waals surface area (Å²) in [6.45, 7) is 0.441. The molecule has 2 fully saturated rings. The minimum Gasteiger partial charge on any atom is -0.355 e. The zero-order valence-corrected chi connectivity index (χ0v) is 14.4. The van der Waals surface area contributed by atoms with Crippen molar-refractivity contribution in [3.05, 3.63) is 35.9 Å². The third kappa shape index (κ3) is 4.01. The van der Waals surface area contributed by atoms with E-state index in [0.717, 1.165) is 25.7 Å². The number of carbonyl (C=O) groups is 1. The van der Waals surface area contributed by atoms with Crippen molar-refractivity contribution in [3.8, 4) is 0 Å². The van der Waals surface area contributed by atoms with E-state index in [0.29, 0.717) is 25.8 Å². The molecule has 1 aromatic rings. The fraction of sp³-hybridized carbons (Fsp3) is 0.650. The first-order valence-electron chi connectivity index (χ1n) is 9.32. The largest absolute Gasteiger partial charge is 0.392 e. The molecule has 138 valence electrons. The minimum absolute atomic E-state index is 0.0748. The lowest BCUT2D eigenvalue weighted by atomic mass is 9.76. The maximum atomic E-state index is 13.3. The van der Waals surface area contributed by atoms with E-state index < -0.39 is 23.9 Å². The van der Waals surface area contributed by atoms with Crippen molar-refractivity contribution < 1.29 is 18.0 Å². The second kappa shape index (κ2) is 7.38. The van der Waals surface area contributed by atoms with Gasteiger partial charge >= 0.3 is 6.18 Å². The van der Waals surface area contributed by atoms with Crippen LogP contribution < -0.4 is 5.32 Å². The molecule has 2 unspecified atom stereocenters. The normalized spacial score (nSPS) is 26.4. The molecule has 0 aromatic heterocycles. The highest BCUT2D eigenvalue weighted by Crippen LogP contribution is 2.43. The van der Waals surface area contributed by atoms with Crippen LogP contribution in [0.3, 0.4) is 0 Å². The summed E-state index contributed by atoms with van der Waals surface area (Å²) >= 11 is 0. The number of alkyl halides is 3. The summed E-state index contributed by atoms with van der Waals surface area (Å²) in [5.74, 6) is -2.83. The Morgan fingerprint density at radius 2 is 1.68 bits per heavy atom. The highest BCUT2D eigenvalue weighted by molar-refractivity contribution is 5.79. The van der Waals surface area contributed by atoms with Gasteiger partial charge in [0.1, 0.15) is 0 Å². The molecule has 1 amide bonds. The van der Waals surface area contributed by atoms with Gasteiger partial charge in [-0.25, -0.2) is 0 Å². The monoisotopic (exact) mass is 353 g/mol. The van der Waals surface area contributed by atoms with Crippen molar-refractivity contribution in [2.75, 3.05) is 6.54 Å². The zero-order valence-electron chi connectivity index (χ0n) is 14.4. The van der Waals surface area contributed by atoms with Crippen LogP contribution in [0.4, 0.5) is 13.2 Å². The number of halogens is 3. The van der Waals surface area contributed by atoms with E-state index in [-0.39, 0.29) is 11.8 Å². The number of rotatable bonds is 4. The molecule has 3 rings (SSSR count). The topological polar surface area (TPSA) is 29.1 Å². The Kier molecular flexibility index (Phi) is 5.40. The van der Waals surface area contributed by atoms with Gasteiger partial charge < -0.3 is 5.32 Å². The number of hydrogen-bond acceptors (Lipinski definition) is 1. The molecule has 0 bridgehead atoms. The Balaban J connectivity index is 1.69. The van der Waals surface area contributed by atoms with Gasteiger partial charge in [0.15, 0.2) is 0 Å². The third-order valence-corrected chi connectivity index (χ3v) is 6.07. The fourth-order valence-electron chi connectivity index (χ4n) is 4.63. The third-order valence-electron chi connectivity index (χ3n) is 6.07. The number of nitrogens with one attached hydrogen (secondary N) is 1. The molecule has 0 aliphatic heterocycles. The van der Waals surface area contributed by atoms with Crippen LogP contribution in [0.25, 0.3) is 0 Å². The van der Waals surface area contributed by atoms with Crippen molar-refractivity contribution in [2.45, 2.75) is 63.0 Å². The quantitative estimate of drug-likeness (QED) is 0.812. The van der Waals surface area contributed by atoms with Gasteiger partial charge in [-0.2, -0.15) is 13.2 Å². The number of hydrogen-bond donors (Lipinski definition) is 1. The average molecular weight is 353 g/mol. The Hall–Kier alpha value is -1.52. The summed E-state index contributed by atoms with van der Waals surface area (Å²) in [5.41, 5.74) is 1.06. The maximum absolute atomic E-state index is 13.3. The predicted molar refractivity (Wildman–Crippen MR) is 91.1 cm³/mol. The molecule has 2 saturated carbocycles. The molecule has 0 saturated heterocycles. The van der Waals surface area contributed by atoms with Gasteiger partial charge in [-0.1, -0.05) is 56.0 Å². The van der Waals surface area contributed by atoms with Crippen molar-refractivity contribution in [1.29, 1.82) is 0 Å². The Bertz CT molecular complexity index is 578. The molecule has 0 heterocycles. The first-order valence-corrected chi connectivity index (χ1v) is 9.32. The second-order valence-electron chi connectivity index (χ2n) is 7.61. The van der Waals surface area contributed by atoms with Gasteiger partial charge in [-0.05, 0) is 31.2 Å². The maximum Gasteiger partial charge on any atom is 0.392 e. The van der Waals surface area contributed by atoms with Crippen molar-refractivity contribution in [2.24, 2.45) is 11.8 Å². The van der Waals surface area contributed by atoms with E-state index in [2.05, 4.69) is 17.4 Å². The van der Waals surface area contributed by atoms with Gasteiger partial charge in [0.2, 0.25) is 5.91 Å². The number of amides is 1. The predicted octanol–water partition coefficient (Wildman–Crippen LogP) is 4.98. The first-order chi connectivity index (χ1) is 11.9. The Morgan fingerprint density at radius 3 is 2.32 bits per heavy atom. The van der Waals surface area contributed by atoms with Gasteiger partial charge in [0.25, 0.3) is 0 Å². The number of carbonyl (C=O) groups excluding carboxylic acids is 1. The molecular weight excluding hydrogens is 327 g/mol. The summed E-state index contributed by atoms with van der Waals surface area (Å²) < 4.78 is 39.8. The fourth-order valence-corrected chi connectivity index (χ4v) is 4.63. The van der Waals surface area contributed by atoms with Gasteiger partial charge in [0, 0.05) is 17.9 Å². The molecule has 25 heavy (non-hydrogen) atoms. The lowest BCUT2D eigenvalue weighted by Crippen LogP contribution is -2.46. The van der Waals surface area contributed by atoms with Gasteiger partial charge in [-0.3, -0.25) is 4.79 Å². The Morgan fingerprint density at radius 1 is 1.04 bits per heavy atom. The van der Waals surface area contributed by atoms with Crippen molar-refractivity contribution >= 4 is 5.91 Å². The highest BCUT2D eigenvalue weighted by Gasteiger charge is 2.48. The molecule has 2 aliphatic rings. The van der Waals surface area contributed by atoms with Crippen LogP contribution in [0.15, 0.2) is 30.3 Å². The Labute approximate surface area is 147 Å². The summed E-state index contributed by atoms with van der Waals surface area (Å²) in [4.78, 5) is 12.6. The molecule has 2 aliphatic carbocycles. The van der Waals surface area contributed by atoms with E-state index in [1.165, 1.54) is 5.56 Å². The lowest BCUT2D eigenvalue weighted by molar-refractivity contribution is -0.198. The molecule has 5 heteroatoms. The molecular formula is C20H26F3NO. The SMILES string of the molecule is O=C(NCC1(c2ccccc2)CCCC1)C1CCCCC1C(F)(F)F. The molecule has 2 nitrogen and oxygen atoms in total. The molecule has 1 N–H and O–H groups in total. The van der Waals surface area contributed by atoms with Crippen LogP contribution in [-0.2, 0) is 10.2 Å². The zero-order chi connectivity index (χ0) is 17.9. The van der Waals surface area contributed by atoms with E-state index in [1.807, 2.05) is 18.2 Å². The van der Waals surface area contributed by atoms with Crippen LogP contribution in [-0.4, -0.2) is 18.6 Å².